The summed E-state index contributed by atoms with van der Waals surface area (Å²) in [4.78, 5) is 11.4. The molecule has 0 aromatic heterocycles. The minimum absolute atomic E-state index is 0.130. The number of hydrogen-bond donors (Lipinski definition) is 2. The summed E-state index contributed by atoms with van der Waals surface area (Å²) < 4.78 is 0. The Morgan fingerprint density at radius 2 is 2.06 bits per heavy atom. The van der Waals surface area contributed by atoms with Crippen molar-refractivity contribution >= 4 is 5.91 Å². The van der Waals surface area contributed by atoms with E-state index in [4.69, 9.17) is 0 Å². The second-order valence-electron chi connectivity index (χ2n) is 5.00. The number of nitrogens with one attached hydrogen (secondary N) is 2. The van der Waals surface area contributed by atoms with E-state index >= 15 is 0 Å². The maximum atomic E-state index is 11.4. The van der Waals surface area contributed by atoms with Gasteiger partial charge in [0.15, 0.2) is 0 Å². The first-order chi connectivity index (χ1) is 7.74. The van der Waals surface area contributed by atoms with Crippen molar-refractivity contribution in [3.05, 3.63) is 0 Å². The molecule has 0 aromatic carbocycles. The van der Waals surface area contributed by atoms with E-state index < -0.39 is 0 Å². The molecule has 3 nitrogen and oxygen atoms in total. The van der Waals surface area contributed by atoms with Gasteiger partial charge in [0.25, 0.3) is 0 Å². The maximum Gasteiger partial charge on any atom is 0.233 e. The zero-order chi connectivity index (χ0) is 11.8. The molecule has 1 aliphatic carbocycles. The average Bonchev–Trinajstić information content (AvgIpc) is 2.29. The Balaban J connectivity index is 2.07. The number of carbonyl (C=O) groups is 1. The Morgan fingerprint density at radius 3 is 2.75 bits per heavy atom. The highest BCUT2D eigenvalue weighted by atomic mass is 16.1. The summed E-state index contributed by atoms with van der Waals surface area (Å²) in [5, 5.41) is 6.16. The van der Waals surface area contributed by atoms with Crippen molar-refractivity contribution in [2.75, 3.05) is 19.6 Å². The quantitative estimate of drug-likeness (QED) is 0.726. The van der Waals surface area contributed by atoms with Gasteiger partial charge in [0.2, 0.25) is 5.91 Å². The third kappa shape index (κ3) is 4.97. The van der Waals surface area contributed by atoms with Gasteiger partial charge in [0.05, 0.1) is 6.54 Å². The van der Waals surface area contributed by atoms with Crippen LogP contribution in [0.1, 0.15) is 46.0 Å². The van der Waals surface area contributed by atoms with Crippen LogP contribution in [0.5, 0.6) is 0 Å². The van der Waals surface area contributed by atoms with Crippen LogP contribution >= 0.6 is 0 Å². The summed E-state index contributed by atoms with van der Waals surface area (Å²) in [6, 6.07) is 0. The topological polar surface area (TPSA) is 41.1 Å². The molecule has 94 valence electrons. The highest BCUT2D eigenvalue weighted by molar-refractivity contribution is 5.77. The van der Waals surface area contributed by atoms with Gasteiger partial charge in [-0.25, -0.2) is 0 Å². The molecule has 0 spiro atoms. The van der Waals surface area contributed by atoms with Gasteiger partial charge >= 0.3 is 0 Å². The summed E-state index contributed by atoms with van der Waals surface area (Å²) in [6.07, 6.45) is 6.43. The van der Waals surface area contributed by atoms with E-state index in [0.717, 1.165) is 31.3 Å². The molecule has 0 aromatic rings. The first kappa shape index (κ1) is 13.5. The summed E-state index contributed by atoms with van der Waals surface area (Å²) in [5.74, 6) is 1.72. The van der Waals surface area contributed by atoms with Crippen LogP contribution in [-0.4, -0.2) is 25.5 Å². The number of carbonyl (C=O) groups excluding carboxylic acids is 1. The lowest BCUT2D eigenvalue weighted by Crippen LogP contribution is -2.37. The van der Waals surface area contributed by atoms with E-state index in [1.807, 2.05) is 0 Å². The average molecular weight is 226 g/mol. The van der Waals surface area contributed by atoms with Gasteiger partial charge in [-0.1, -0.05) is 33.1 Å². The zero-order valence-electron chi connectivity index (χ0n) is 10.7. The molecular formula is C13H26N2O. The van der Waals surface area contributed by atoms with Crippen LogP contribution in [0.25, 0.3) is 0 Å². The highest BCUT2D eigenvalue weighted by Crippen LogP contribution is 2.28. The van der Waals surface area contributed by atoms with Gasteiger partial charge in [-0.2, -0.15) is 0 Å². The molecular weight excluding hydrogens is 200 g/mol. The molecule has 3 heteroatoms. The molecule has 0 heterocycles. The Morgan fingerprint density at radius 1 is 1.31 bits per heavy atom. The molecule has 0 bridgehead atoms. The van der Waals surface area contributed by atoms with Gasteiger partial charge in [-0.05, 0) is 31.2 Å². The third-order valence-corrected chi connectivity index (χ3v) is 3.55. The normalized spacial score (nSPS) is 25.4. The lowest BCUT2D eigenvalue weighted by molar-refractivity contribution is -0.120. The Hall–Kier alpha value is -0.570. The van der Waals surface area contributed by atoms with Gasteiger partial charge in [-0.3, -0.25) is 4.79 Å². The van der Waals surface area contributed by atoms with Crippen molar-refractivity contribution in [2.24, 2.45) is 11.8 Å². The van der Waals surface area contributed by atoms with Crippen LogP contribution in [0.3, 0.4) is 0 Å². The molecule has 0 aliphatic heterocycles. The zero-order valence-corrected chi connectivity index (χ0v) is 10.7. The van der Waals surface area contributed by atoms with E-state index in [2.05, 4.69) is 24.5 Å². The van der Waals surface area contributed by atoms with E-state index in [9.17, 15) is 4.79 Å². The number of hydrogen-bond acceptors (Lipinski definition) is 2. The number of amides is 1. The van der Waals surface area contributed by atoms with E-state index in [1.165, 1.54) is 25.7 Å². The van der Waals surface area contributed by atoms with Crippen LogP contribution in [0.15, 0.2) is 0 Å². The van der Waals surface area contributed by atoms with E-state index in [1.54, 1.807) is 0 Å². The molecule has 16 heavy (non-hydrogen) atoms. The lowest BCUT2D eigenvalue weighted by atomic mass is 9.80. The Labute approximate surface area is 99.4 Å². The van der Waals surface area contributed by atoms with Crippen molar-refractivity contribution in [2.45, 2.75) is 46.0 Å². The molecule has 2 unspecified atom stereocenters. The van der Waals surface area contributed by atoms with Crippen molar-refractivity contribution in [3.63, 3.8) is 0 Å². The molecule has 0 radical (unpaired) electrons. The van der Waals surface area contributed by atoms with Crippen LogP contribution in [0, 0.1) is 11.8 Å². The molecule has 1 fully saturated rings. The Kier molecular flexibility index (Phi) is 6.46. The smallest absolute Gasteiger partial charge is 0.233 e. The fourth-order valence-electron chi connectivity index (χ4n) is 2.39. The predicted octanol–water partition coefficient (Wildman–Crippen LogP) is 1.93. The van der Waals surface area contributed by atoms with Crippen LogP contribution < -0.4 is 10.6 Å². The molecule has 1 amide bonds. The summed E-state index contributed by atoms with van der Waals surface area (Å²) in [7, 11) is 0. The second kappa shape index (κ2) is 7.66. The van der Waals surface area contributed by atoms with Gasteiger partial charge in [-0.15, -0.1) is 0 Å². The molecule has 2 N–H and O–H groups in total. The van der Waals surface area contributed by atoms with Crippen LogP contribution in [0.4, 0.5) is 0 Å². The van der Waals surface area contributed by atoms with E-state index in [-0.39, 0.29) is 5.91 Å². The SMILES string of the molecule is CCCNC(=O)CNCC1CCCCC1C. The van der Waals surface area contributed by atoms with Crippen LogP contribution in [0.2, 0.25) is 0 Å². The summed E-state index contributed by atoms with van der Waals surface area (Å²) >= 11 is 0. The van der Waals surface area contributed by atoms with Gasteiger partial charge in [0.1, 0.15) is 0 Å². The molecule has 0 saturated heterocycles. The molecule has 1 rings (SSSR count). The maximum absolute atomic E-state index is 11.4. The number of rotatable bonds is 6. The minimum atomic E-state index is 0.130. The minimum Gasteiger partial charge on any atom is -0.355 e. The lowest BCUT2D eigenvalue weighted by Gasteiger charge is -2.28. The molecule has 1 aliphatic rings. The van der Waals surface area contributed by atoms with Gasteiger partial charge in [0, 0.05) is 6.54 Å². The fourth-order valence-corrected chi connectivity index (χ4v) is 2.39. The second-order valence-corrected chi connectivity index (χ2v) is 5.00. The van der Waals surface area contributed by atoms with Crippen LogP contribution in [-0.2, 0) is 4.79 Å². The van der Waals surface area contributed by atoms with Crippen molar-refractivity contribution in [1.82, 2.24) is 10.6 Å². The first-order valence-electron chi connectivity index (χ1n) is 6.71. The van der Waals surface area contributed by atoms with Crippen molar-refractivity contribution in [1.29, 1.82) is 0 Å². The predicted molar refractivity (Wildman–Crippen MR) is 67.3 cm³/mol. The summed E-state index contributed by atoms with van der Waals surface area (Å²) in [6.45, 7) is 6.67. The summed E-state index contributed by atoms with van der Waals surface area (Å²) in [5.41, 5.74) is 0. The fraction of sp³-hybridized carbons (Fsp3) is 0.923. The monoisotopic (exact) mass is 226 g/mol. The van der Waals surface area contributed by atoms with Crippen molar-refractivity contribution in [3.8, 4) is 0 Å². The van der Waals surface area contributed by atoms with Gasteiger partial charge < -0.3 is 10.6 Å². The Bertz CT molecular complexity index is 206. The standard InChI is InChI=1S/C13H26N2O/c1-3-8-15-13(16)10-14-9-12-7-5-4-6-11(12)2/h11-12,14H,3-10H2,1-2H3,(H,15,16). The first-order valence-corrected chi connectivity index (χ1v) is 6.71. The van der Waals surface area contributed by atoms with E-state index in [0.29, 0.717) is 6.54 Å². The molecule has 1 saturated carbocycles. The largest absolute Gasteiger partial charge is 0.355 e. The highest BCUT2D eigenvalue weighted by Gasteiger charge is 2.20. The third-order valence-electron chi connectivity index (χ3n) is 3.55. The van der Waals surface area contributed by atoms with Crippen molar-refractivity contribution < 1.29 is 4.79 Å². The molecule has 2 atom stereocenters.